The molecule has 0 radical (unpaired) electrons. The lowest BCUT2D eigenvalue weighted by molar-refractivity contribution is 0.102. The van der Waals surface area contributed by atoms with Gasteiger partial charge in [-0.2, -0.15) is 5.10 Å². The van der Waals surface area contributed by atoms with Crippen molar-refractivity contribution in [3.63, 3.8) is 0 Å². The fourth-order valence-electron chi connectivity index (χ4n) is 1.71. The van der Waals surface area contributed by atoms with E-state index in [0.29, 0.717) is 16.8 Å². The molecule has 0 aliphatic rings. The quantitative estimate of drug-likeness (QED) is 0.720. The molecule has 0 aromatic carbocycles. The van der Waals surface area contributed by atoms with Crippen LogP contribution in [0.5, 0.6) is 0 Å². The van der Waals surface area contributed by atoms with Gasteiger partial charge in [-0.25, -0.2) is 9.50 Å². The third kappa shape index (κ3) is 2.37. The van der Waals surface area contributed by atoms with Crippen molar-refractivity contribution in [1.82, 2.24) is 19.6 Å². The maximum atomic E-state index is 12.3. The highest BCUT2D eigenvalue weighted by molar-refractivity contribution is 9.10. The van der Waals surface area contributed by atoms with Crippen molar-refractivity contribution in [3.05, 3.63) is 52.2 Å². The van der Waals surface area contributed by atoms with E-state index >= 15 is 0 Å². The molecule has 3 aromatic heterocycles. The zero-order valence-electron chi connectivity index (χ0n) is 9.92. The number of pyridine rings is 1. The number of nitrogens with zero attached hydrogens (tertiary/aromatic N) is 4. The molecule has 3 rings (SSSR count). The SMILES string of the molecule is O=C(Nc1cc(Br)cnc1Cl)c1cnn2ccncc12. The van der Waals surface area contributed by atoms with Gasteiger partial charge in [0.25, 0.3) is 5.91 Å². The van der Waals surface area contributed by atoms with Crippen molar-refractivity contribution in [1.29, 1.82) is 0 Å². The molecule has 3 heterocycles. The largest absolute Gasteiger partial charge is 0.319 e. The molecular weight excluding hydrogens is 346 g/mol. The summed E-state index contributed by atoms with van der Waals surface area (Å²) in [5.41, 5.74) is 1.45. The second-order valence-corrected chi connectivity index (χ2v) is 5.18. The van der Waals surface area contributed by atoms with Crippen LogP contribution in [0.3, 0.4) is 0 Å². The van der Waals surface area contributed by atoms with Crippen LogP contribution >= 0.6 is 27.5 Å². The molecule has 6 nitrogen and oxygen atoms in total. The highest BCUT2D eigenvalue weighted by Crippen LogP contribution is 2.24. The summed E-state index contributed by atoms with van der Waals surface area (Å²) < 4.78 is 2.29. The summed E-state index contributed by atoms with van der Waals surface area (Å²) in [6.45, 7) is 0. The van der Waals surface area contributed by atoms with Crippen molar-refractivity contribution < 1.29 is 4.79 Å². The number of rotatable bonds is 2. The molecule has 0 fully saturated rings. The third-order valence-electron chi connectivity index (χ3n) is 2.62. The van der Waals surface area contributed by atoms with Crippen molar-refractivity contribution in [3.8, 4) is 0 Å². The van der Waals surface area contributed by atoms with Gasteiger partial charge in [-0.1, -0.05) is 11.6 Å². The van der Waals surface area contributed by atoms with Gasteiger partial charge in [0.1, 0.15) is 0 Å². The number of amides is 1. The molecule has 0 atom stereocenters. The fourth-order valence-corrected chi connectivity index (χ4v) is 2.19. The van der Waals surface area contributed by atoms with Crippen molar-refractivity contribution in [2.45, 2.75) is 0 Å². The normalized spacial score (nSPS) is 10.7. The van der Waals surface area contributed by atoms with Crippen LogP contribution in [0.2, 0.25) is 5.15 Å². The van der Waals surface area contributed by atoms with Gasteiger partial charge in [0, 0.05) is 23.1 Å². The molecular formula is C12H7BrClN5O. The highest BCUT2D eigenvalue weighted by Gasteiger charge is 2.14. The van der Waals surface area contributed by atoms with Crippen molar-refractivity contribution >= 4 is 44.6 Å². The van der Waals surface area contributed by atoms with E-state index in [1.54, 1.807) is 35.4 Å². The van der Waals surface area contributed by atoms with Crippen LogP contribution in [0.4, 0.5) is 5.69 Å². The number of halogens is 2. The predicted octanol–water partition coefficient (Wildman–Crippen LogP) is 2.79. The predicted molar refractivity (Wildman–Crippen MR) is 77.9 cm³/mol. The van der Waals surface area contributed by atoms with E-state index in [-0.39, 0.29) is 11.1 Å². The van der Waals surface area contributed by atoms with E-state index in [1.807, 2.05) is 0 Å². The molecule has 3 aromatic rings. The second-order valence-electron chi connectivity index (χ2n) is 3.91. The average Bonchev–Trinajstić information content (AvgIpc) is 2.87. The monoisotopic (exact) mass is 351 g/mol. The first-order valence-corrected chi connectivity index (χ1v) is 6.72. The summed E-state index contributed by atoms with van der Waals surface area (Å²) in [6.07, 6.45) is 7.86. The van der Waals surface area contributed by atoms with Gasteiger partial charge in [-0.3, -0.25) is 9.78 Å². The number of carbonyl (C=O) groups excluding carboxylic acids is 1. The lowest BCUT2D eigenvalue weighted by atomic mass is 10.2. The first-order chi connectivity index (χ1) is 9.65. The van der Waals surface area contributed by atoms with Crippen molar-refractivity contribution in [2.24, 2.45) is 0 Å². The Morgan fingerprint density at radius 3 is 3.05 bits per heavy atom. The molecule has 100 valence electrons. The van der Waals surface area contributed by atoms with E-state index in [0.717, 1.165) is 4.47 Å². The average molecular weight is 353 g/mol. The van der Waals surface area contributed by atoms with E-state index in [2.05, 4.69) is 36.3 Å². The molecule has 0 aliphatic heterocycles. The Kier molecular flexibility index (Phi) is 3.37. The standard InChI is InChI=1S/C12H7BrClN5O/c13-7-3-9(11(14)16-4-7)18-12(20)8-5-17-19-2-1-15-6-10(8)19/h1-6H,(H,18,20). The van der Waals surface area contributed by atoms with Gasteiger partial charge in [-0.05, 0) is 22.0 Å². The van der Waals surface area contributed by atoms with Gasteiger partial charge in [0.15, 0.2) is 5.15 Å². The summed E-state index contributed by atoms with van der Waals surface area (Å²) in [4.78, 5) is 20.2. The Morgan fingerprint density at radius 2 is 2.20 bits per heavy atom. The second kappa shape index (κ2) is 5.18. The number of carbonyl (C=O) groups is 1. The molecule has 0 saturated heterocycles. The molecule has 0 spiro atoms. The summed E-state index contributed by atoms with van der Waals surface area (Å²) >= 11 is 9.22. The number of fused-ring (bicyclic) bond motifs is 1. The number of nitrogens with one attached hydrogen (secondary N) is 1. The van der Waals surface area contributed by atoms with E-state index in [9.17, 15) is 4.79 Å². The lowest BCUT2D eigenvalue weighted by Gasteiger charge is -2.06. The van der Waals surface area contributed by atoms with Crippen LogP contribution in [0.25, 0.3) is 5.52 Å². The molecule has 0 saturated carbocycles. The third-order valence-corrected chi connectivity index (χ3v) is 3.36. The number of anilines is 1. The topological polar surface area (TPSA) is 72.2 Å². The van der Waals surface area contributed by atoms with Gasteiger partial charge < -0.3 is 5.32 Å². The molecule has 1 amide bonds. The minimum Gasteiger partial charge on any atom is -0.319 e. The molecule has 1 N–H and O–H groups in total. The number of hydrogen-bond donors (Lipinski definition) is 1. The van der Waals surface area contributed by atoms with Crippen LogP contribution in [-0.4, -0.2) is 25.5 Å². The van der Waals surface area contributed by atoms with Crippen LogP contribution in [0, 0.1) is 0 Å². The zero-order chi connectivity index (χ0) is 14.1. The summed E-state index contributed by atoms with van der Waals surface area (Å²) in [5.74, 6) is -0.324. The first-order valence-electron chi connectivity index (χ1n) is 5.55. The van der Waals surface area contributed by atoms with E-state index in [1.165, 1.54) is 6.20 Å². The number of hydrogen-bond acceptors (Lipinski definition) is 4. The molecule has 8 heteroatoms. The summed E-state index contributed by atoms with van der Waals surface area (Å²) in [6, 6.07) is 1.68. The van der Waals surface area contributed by atoms with Gasteiger partial charge >= 0.3 is 0 Å². The smallest absolute Gasteiger partial charge is 0.259 e. The molecule has 0 bridgehead atoms. The fraction of sp³-hybridized carbons (Fsp3) is 0. The molecule has 0 unspecified atom stereocenters. The minimum atomic E-state index is -0.324. The molecule has 20 heavy (non-hydrogen) atoms. The van der Waals surface area contributed by atoms with E-state index in [4.69, 9.17) is 11.6 Å². The Morgan fingerprint density at radius 1 is 1.35 bits per heavy atom. The Labute approximate surface area is 126 Å². The van der Waals surface area contributed by atoms with Crippen LogP contribution in [0.15, 0.2) is 41.5 Å². The van der Waals surface area contributed by atoms with Crippen LogP contribution in [0.1, 0.15) is 10.4 Å². The maximum absolute atomic E-state index is 12.3. The van der Waals surface area contributed by atoms with Crippen LogP contribution in [-0.2, 0) is 0 Å². The molecule has 0 aliphatic carbocycles. The highest BCUT2D eigenvalue weighted by atomic mass is 79.9. The summed E-state index contributed by atoms with van der Waals surface area (Å²) in [5, 5.41) is 7.00. The van der Waals surface area contributed by atoms with Gasteiger partial charge in [-0.15, -0.1) is 0 Å². The lowest BCUT2D eigenvalue weighted by Crippen LogP contribution is -2.12. The van der Waals surface area contributed by atoms with E-state index < -0.39 is 0 Å². The Bertz CT molecular complexity index is 803. The maximum Gasteiger partial charge on any atom is 0.259 e. The minimum absolute atomic E-state index is 0.219. The van der Waals surface area contributed by atoms with Gasteiger partial charge in [0.05, 0.1) is 29.2 Å². The Hall–Kier alpha value is -1.99. The zero-order valence-corrected chi connectivity index (χ0v) is 12.3. The Balaban J connectivity index is 1.95. The first kappa shape index (κ1) is 13.0. The van der Waals surface area contributed by atoms with Gasteiger partial charge in [0.2, 0.25) is 0 Å². The van der Waals surface area contributed by atoms with Crippen molar-refractivity contribution in [2.75, 3.05) is 5.32 Å². The summed E-state index contributed by atoms with van der Waals surface area (Å²) in [7, 11) is 0. The number of aromatic nitrogens is 4. The van der Waals surface area contributed by atoms with Crippen LogP contribution < -0.4 is 5.32 Å².